The molecular weight excluding hydrogens is 474 g/mol. The summed E-state index contributed by atoms with van der Waals surface area (Å²) in [5.74, 6) is 2.31. The Kier molecular flexibility index (Phi) is 6.93. The number of benzene rings is 1. The van der Waals surface area contributed by atoms with Crippen molar-refractivity contribution in [1.82, 2.24) is 14.9 Å². The molecule has 1 aliphatic heterocycles. The first-order valence-electron chi connectivity index (χ1n) is 12.1. The van der Waals surface area contributed by atoms with Crippen molar-refractivity contribution in [2.75, 3.05) is 50.2 Å². The highest BCUT2D eigenvalue weighted by atomic mass is 32.1. The van der Waals surface area contributed by atoms with Gasteiger partial charge in [0, 0.05) is 39.4 Å². The van der Waals surface area contributed by atoms with Crippen LogP contribution in [-0.2, 0) is 17.8 Å². The fraction of sp³-hybridized carbons (Fsp3) is 0.370. The molecule has 5 rings (SSSR count). The van der Waals surface area contributed by atoms with E-state index >= 15 is 0 Å². The third-order valence-electron chi connectivity index (χ3n) is 6.43. The van der Waals surface area contributed by atoms with Crippen LogP contribution >= 0.6 is 11.3 Å². The molecule has 1 amide bonds. The summed E-state index contributed by atoms with van der Waals surface area (Å²) < 4.78 is 11.1. The Morgan fingerprint density at radius 3 is 2.47 bits per heavy atom. The third kappa shape index (κ3) is 4.94. The summed E-state index contributed by atoms with van der Waals surface area (Å²) in [5.41, 5.74) is 3.10. The standard InChI is InChI=1S/C27H31N5O3S/c1-18-23-25(31-11-14-34-15-12-31)28-19(2)29-26(23)36-24(18)27(33)32(17-22-6-5-13-35-22)16-20-7-9-21(10-8-20)30(3)4/h5-10,13H,11-12,14-17H2,1-4H3. The quantitative estimate of drug-likeness (QED) is 0.362. The molecule has 9 heteroatoms. The maximum absolute atomic E-state index is 14.0. The minimum absolute atomic E-state index is 0.0332. The molecule has 1 aliphatic rings. The molecule has 36 heavy (non-hydrogen) atoms. The van der Waals surface area contributed by atoms with Crippen LogP contribution in [0.5, 0.6) is 0 Å². The SMILES string of the molecule is Cc1nc(N2CCOCC2)c2c(C)c(C(=O)N(Cc3ccc(N(C)C)cc3)Cc3ccco3)sc2n1. The van der Waals surface area contributed by atoms with Gasteiger partial charge in [0.2, 0.25) is 0 Å². The number of ether oxygens (including phenoxy) is 1. The predicted molar refractivity (Wildman–Crippen MR) is 143 cm³/mol. The van der Waals surface area contributed by atoms with Crippen LogP contribution in [0.15, 0.2) is 47.1 Å². The number of thiophene rings is 1. The van der Waals surface area contributed by atoms with E-state index in [1.165, 1.54) is 11.3 Å². The number of morpholine rings is 1. The van der Waals surface area contributed by atoms with Crippen LogP contribution in [0.1, 0.15) is 32.4 Å². The number of carbonyl (C=O) groups excluding carboxylic acids is 1. The lowest BCUT2D eigenvalue weighted by Crippen LogP contribution is -2.37. The van der Waals surface area contributed by atoms with Gasteiger partial charge in [-0.25, -0.2) is 9.97 Å². The van der Waals surface area contributed by atoms with Gasteiger partial charge >= 0.3 is 0 Å². The number of hydrogen-bond acceptors (Lipinski definition) is 8. The number of nitrogens with zero attached hydrogens (tertiary/aromatic N) is 5. The van der Waals surface area contributed by atoms with Crippen LogP contribution in [0.3, 0.4) is 0 Å². The van der Waals surface area contributed by atoms with Crippen LogP contribution in [-0.4, -0.2) is 61.2 Å². The zero-order chi connectivity index (χ0) is 25.2. The lowest BCUT2D eigenvalue weighted by Gasteiger charge is -2.28. The molecule has 0 saturated carbocycles. The summed E-state index contributed by atoms with van der Waals surface area (Å²) >= 11 is 1.44. The number of amides is 1. The van der Waals surface area contributed by atoms with Gasteiger partial charge in [-0.1, -0.05) is 12.1 Å². The number of anilines is 2. The molecule has 0 N–H and O–H groups in total. The predicted octanol–water partition coefficient (Wildman–Crippen LogP) is 4.65. The van der Waals surface area contributed by atoms with E-state index in [1.54, 1.807) is 6.26 Å². The van der Waals surface area contributed by atoms with Crippen LogP contribution in [0.2, 0.25) is 0 Å². The normalized spacial score (nSPS) is 13.8. The Hall–Kier alpha value is -3.43. The molecule has 4 heterocycles. The number of aromatic nitrogens is 2. The lowest BCUT2D eigenvalue weighted by molar-refractivity contribution is 0.0722. The number of carbonyl (C=O) groups is 1. The highest BCUT2D eigenvalue weighted by Gasteiger charge is 2.27. The van der Waals surface area contributed by atoms with Crippen molar-refractivity contribution in [1.29, 1.82) is 0 Å². The second kappa shape index (κ2) is 10.3. The number of aryl methyl sites for hydroxylation is 2. The second-order valence-electron chi connectivity index (χ2n) is 9.23. The molecule has 1 fully saturated rings. The van der Waals surface area contributed by atoms with E-state index < -0.39 is 0 Å². The summed E-state index contributed by atoms with van der Waals surface area (Å²) in [4.78, 5) is 31.2. The molecule has 8 nitrogen and oxygen atoms in total. The summed E-state index contributed by atoms with van der Waals surface area (Å²) in [6.45, 7) is 7.66. The Morgan fingerprint density at radius 2 is 1.81 bits per heavy atom. The highest BCUT2D eigenvalue weighted by Crippen LogP contribution is 2.37. The fourth-order valence-corrected chi connectivity index (χ4v) is 5.67. The van der Waals surface area contributed by atoms with Crippen molar-refractivity contribution in [3.05, 3.63) is 70.3 Å². The number of furan rings is 1. The molecule has 0 aliphatic carbocycles. The highest BCUT2D eigenvalue weighted by molar-refractivity contribution is 7.20. The van der Waals surface area contributed by atoms with Crippen molar-refractivity contribution < 1.29 is 13.9 Å². The van der Waals surface area contributed by atoms with Gasteiger partial charge in [-0.05, 0) is 49.2 Å². The van der Waals surface area contributed by atoms with Gasteiger partial charge in [-0.3, -0.25) is 4.79 Å². The number of hydrogen-bond donors (Lipinski definition) is 0. The van der Waals surface area contributed by atoms with E-state index in [9.17, 15) is 4.79 Å². The van der Waals surface area contributed by atoms with E-state index in [2.05, 4.69) is 34.1 Å². The molecule has 4 aromatic rings. The zero-order valence-electron chi connectivity index (χ0n) is 21.2. The van der Waals surface area contributed by atoms with Crippen molar-refractivity contribution in [2.24, 2.45) is 0 Å². The molecule has 188 valence electrons. The van der Waals surface area contributed by atoms with E-state index in [4.69, 9.17) is 19.1 Å². The summed E-state index contributed by atoms with van der Waals surface area (Å²) in [7, 11) is 4.03. The molecule has 0 bridgehead atoms. The molecule has 3 aromatic heterocycles. The zero-order valence-corrected chi connectivity index (χ0v) is 22.0. The second-order valence-corrected chi connectivity index (χ2v) is 10.2. The average Bonchev–Trinajstić information content (AvgIpc) is 3.51. The molecule has 0 spiro atoms. The summed E-state index contributed by atoms with van der Waals surface area (Å²) in [6.07, 6.45) is 1.64. The third-order valence-corrected chi connectivity index (χ3v) is 7.60. The summed E-state index contributed by atoms with van der Waals surface area (Å²) in [5, 5.41) is 0.962. The Labute approximate surface area is 215 Å². The molecule has 1 aromatic carbocycles. The monoisotopic (exact) mass is 505 g/mol. The van der Waals surface area contributed by atoms with Gasteiger partial charge in [0.25, 0.3) is 5.91 Å². The maximum Gasteiger partial charge on any atom is 0.265 e. The fourth-order valence-electron chi connectivity index (χ4n) is 4.48. The van der Waals surface area contributed by atoms with Crippen LogP contribution in [0, 0.1) is 13.8 Å². The van der Waals surface area contributed by atoms with Gasteiger partial charge in [-0.15, -0.1) is 11.3 Å². The van der Waals surface area contributed by atoms with Gasteiger partial charge in [0.05, 0.1) is 36.3 Å². The number of fused-ring (bicyclic) bond motifs is 1. The topological polar surface area (TPSA) is 74.9 Å². The van der Waals surface area contributed by atoms with E-state index in [1.807, 2.05) is 45.0 Å². The largest absolute Gasteiger partial charge is 0.467 e. The summed E-state index contributed by atoms with van der Waals surface area (Å²) in [6, 6.07) is 12.0. The lowest BCUT2D eigenvalue weighted by atomic mass is 10.1. The van der Waals surface area contributed by atoms with Gasteiger partial charge in [-0.2, -0.15) is 0 Å². The van der Waals surface area contributed by atoms with Crippen LogP contribution in [0.4, 0.5) is 11.5 Å². The smallest absolute Gasteiger partial charge is 0.265 e. The van der Waals surface area contributed by atoms with Crippen LogP contribution in [0.25, 0.3) is 10.2 Å². The van der Waals surface area contributed by atoms with Crippen molar-refractivity contribution in [2.45, 2.75) is 26.9 Å². The van der Waals surface area contributed by atoms with Gasteiger partial charge < -0.3 is 23.9 Å². The molecule has 0 unspecified atom stereocenters. The first-order valence-corrected chi connectivity index (χ1v) is 12.9. The maximum atomic E-state index is 14.0. The van der Waals surface area contributed by atoms with Crippen LogP contribution < -0.4 is 9.80 Å². The minimum atomic E-state index is -0.0332. The van der Waals surface area contributed by atoms with Crippen molar-refractivity contribution in [3.8, 4) is 0 Å². The molecule has 1 saturated heterocycles. The average molecular weight is 506 g/mol. The van der Waals surface area contributed by atoms with Crippen molar-refractivity contribution in [3.63, 3.8) is 0 Å². The van der Waals surface area contributed by atoms with E-state index in [0.717, 1.165) is 51.7 Å². The van der Waals surface area contributed by atoms with Crippen molar-refractivity contribution >= 4 is 39.0 Å². The van der Waals surface area contributed by atoms with E-state index in [-0.39, 0.29) is 5.91 Å². The minimum Gasteiger partial charge on any atom is -0.467 e. The molecular formula is C27H31N5O3S. The van der Waals surface area contributed by atoms with Gasteiger partial charge in [0.15, 0.2) is 0 Å². The number of rotatable bonds is 7. The first kappa shape index (κ1) is 24.3. The van der Waals surface area contributed by atoms with Gasteiger partial charge in [0.1, 0.15) is 22.2 Å². The molecule has 0 atom stereocenters. The molecule has 0 radical (unpaired) electrons. The first-order chi connectivity index (χ1) is 17.4. The Balaban J connectivity index is 1.51. The van der Waals surface area contributed by atoms with E-state index in [0.29, 0.717) is 37.0 Å². The Morgan fingerprint density at radius 1 is 1.06 bits per heavy atom. The Bertz CT molecular complexity index is 1340.